The van der Waals surface area contributed by atoms with Crippen molar-refractivity contribution in [2.45, 2.75) is 58.8 Å². The van der Waals surface area contributed by atoms with Crippen LogP contribution in [0.3, 0.4) is 0 Å². The quantitative estimate of drug-likeness (QED) is 0.463. The van der Waals surface area contributed by atoms with Crippen molar-refractivity contribution >= 4 is 23.0 Å². The summed E-state index contributed by atoms with van der Waals surface area (Å²) in [5, 5.41) is 14.1. The summed E-state index contributed by atoms with van der Waals surface area (Å²) < 4.78 is 5.42. The highest BCUT2D eigenvalue weighted by Gasteiger charge is 2.29. The summed E-state index contributed by atoms with van der Waals surface area (Å²) in [4.78, 5) is 36.4. The summed E-state index contributed by atoms with van der Waals surface area (Å²) in [6.07, 6.45) is 0.171. The SMILES string of the molecule is CC(C)CN(CC(O)C(Cc1ccccc1)NC(=O)OC(C)(C)C)C(=O)c1cnc2ccccc2n1. The first kappa shape index (κ1) is 27.1. The van der Waals surface area contributed by atoms with Gasteiger partial charge in [0.05, 0.1) is 29.4 Å². The molecule has 8 heteroatoms. The second-order valence-corrected chi connectivity index (χ2v) is 10.4. The summed E-state index contributed by atoms with van der Waals surface area (Å²) >= 11 is 0. The summed E-state index contributed by atoms with van der Waals surface area (Å²) in [5.41, 5.74) is 1.80. The van der Waals surface area contributed by atoms with E-state index in [-0.39, 0.29) is 24.1 Å². The summed E-state index contributed by atoms with van der Waals surface area (Å²) in [7, 11) is 0. The fourth-order valence-corrected chi connectivity index (χ4v) is 3.87. The van der Waals surface area contributed by atoms with Gasteiger partial charge in [0, 0.05) is 13.1 Å². The highest BCUT2D eigenvalue weighted by molar-refractivity contribution is 5.93. The maximum absolute atomic E-state index is 13.5. The normalized spacial score (nSPS) is 13.3. The van der Waals surface area contributed by atoms with Gasteiger partial charge in [-0.25, -0.2) is 9.78 Å². The van der Waals surface area contributed by atoms with E-state index in [0.717, 1.165) is 5.56 Å². The van der Waals surface area contributed by atoms with Crippen LogP contribution in [0.5, 0.6) is 0 Å². The molecule has 2 amide bonds. The molecule has 0 fully saturated rings. The lowest BCUT2D eigenvalue weighted by molar-refractivity contribution is 0.0339. The van der Waals surface area contributed by atoms with Gasteiger partial charge in [0.2, 0.25) is 0 Å². The number of para-hydroxylation sites is 2. The molecule has 192 valence electrons. The number of carbonyl (C=O) groups is 2. The largest absolute Gasteiger partial charge is 0.444 e. The zero-order valence-electron chi connectivity index (χ0n) is 21.6. The summed E-state index contributed by atoms with van der Waals surface area (Å²) in [6, 6.07) is 16.2. The predicted octanol–water partition coefficient (Wildman–Crippen LogP) is 4.22. The van der Waals surface area contributed by atoms with Crippen LogP contribution < -0.4 is 5.32 Å². The highest BCUT2D eigenvalue weighted by Crippen LogP contribution is 2.15. The van der Waals surface area contributed by atoms with E-state index in [1.54, 1.807) is 31.7 Å². The Balaban J connectivity index is 1.82. The molecule has 1 aromatic heterocycles. The molecule has 36 heavy (non-hydrogen) atoms. The van der Waals surface area contributed by atoms with Crippen molar-refractivity contribution in [2.75, 3.05) is 13.1 Å². The lowest BCUT2D eigenvalue weighted by Crippen LogP contribution is -2.52. The zero-order chi connectivity index (χ0) is 26.3. The number of ether oxygens (including phenoxy) is 1. The van der Waals surface area contributed by atoms with Gasteiger partial charge in [0.25, 0.3) is 5.91 Å². The number of alkyl carbamates (subject to hydrolysis) is 1. The Morgan fingerprint density at radius 2 is 1.64 bits per heavy atom. The number of benzene rings is 2. The number of hydrogen-bond acceptors (Lipinski definition) is 6. The van der Waals surface area contributed by atoms with Crippen LogP contribution in [0.25, 0.3) is 11.0 Å². The van der Waals surface area contributed by atoms with Gasteiger partial charge in [0.15, 0.2) is 0 Å². The van der Waals surface area contributed by atoms with Gasteiger partial charge in [-0.2, -0.15) is 0 Å². The van der Waals surface area contributed by atoms with Crippen molar-refractivity contribution in [1.82, 2.24) is 20.2 Å². The van der Waals surface area contributed by atoms with Crippen molar-refractivity contribution in [2.24, 2.45) is 5.92 Å². The van der Waals surface area contributed by atoms with Crippen molar-refractivity contribution in [3.8, 4) is 0 Å². The minimum absolute atomic E-state index is 0.0127. The minimum Gasteiger partial charge on any atom is -0.444 e. The molecule has 0 aliphatic heterocycles. The van der Waals surface area contributed by atoms with E-state index in [4.69, 9.17) is 4.74 Å². The van der Waals surface area contributed by atoms with Crippen LogP contribution in [-0.2, 0) is 11.2 Å². The first-order valence-electron chi connectivity index (χ1n) is 12.2. The molecule has 0 aliphatic carbocycles. The number of nitrogens with zero attached hydrogens (tertiary/aromatic N) is 3. The average Bonchev–Trinajstić information content (AvgIpc) is 2.81. The van der Waals surface area contributed by atoms with Crippen LogP contribution in [-0.4, -0.2) is 62.8 Å². The molecule has 2 atom stereocenters. The molecular weight excluding hydrogens is 456 g/mol. The fraction of sp³-hybridized carbons (Fsp3) is 0.429. The third kappa shape index (κ3) is 8.02. The van der Waals surface area contributed by atoms with Crippen molar-refractivity contribution < 1.29 is 19.4 Å². The van der Waals surface area contributed by atoms with Crippen molar-refractivity contribution in [3.63, 3.8) is 0 Å². The first-order chi connectivity index (χ1) is 17.0. The first-order valence-corrected chi connectivity index (χ1v) is 12.2. The monoisotopic (exact) mass is 492 g/mol. The second kappa shape index (κ2) is 11.9. The maximum atomic E-state index is 13.5. The lowest BCUT2D eigenvalue weighted by atomic mass is 10.0. The number of aliphatic hydroxyl groups excluding tert-OH is 1. The Morgan fingerprint density at radius 3 is 2.28 bits per heavy atom. The number of hydrogen-bond donors (Lipinski definition) is 2. The molecule has 0 aliphatic rings. The third-order valence-electron chi connectivity index (χ3n) is 5.41. The number of amides is 2. The van der Waals surface area contributed by atoms with Gasteiger partial charge >= 0.3 is 6.09 Å². The molecule has 0 radical (unpaired) electrons. The van der Waals surface area contributed by atoms with Crippen LogP contribution in [0.15, 0.2) is 60.8 Å². The molecule has 2 aromatic carbocycles. The van der Waals surface area contributed by atoms with E-state index < -0.39 is 23.8 Å². The molecule has 2 N–H and O–H groups in total. The van der Waals surface area contributed by atoms with Crippen LogP contribution in [0.4, 0.5) is 4.79 Å². The summed E-state index contributed by atoms with van der Waals surface area (Å²) in [6.45, 7) is 9.76. The smallest absolute Gasteiger partial charge is 0.407 e. The van der Waals surface area contributed by atoms with E-state index in [9.17, 15) is 14.7 Å². The Labute approximate surface area is 212 Å². The van der Waals surface area contributed by atoms with Crippen LogP contribution in [0, 0.1) is 5.92 Å². The van der Waals surface area contributed by atoms with Gasteiger partial charge in [0.1, 0.15) is 11.3 Å². The lowest BCUT2D eigenvalue weighted by Gasteiger charge is -2.31. The number of aliphatic hydroxyl groups is 1. The van der Waals surface area contributed by atoms with Gasteiger partial charge in [-0.15, -0.1) is 0 Å². The second-order valence-electron chi connectivity index (χ2n) is 10.4. The standard InChI is InChI=1S/C28H36N4O4/c1-19(2)17-32(26(34)24-16-29-21-13-9-10-14-22(21)30-24)18-25(33)23(15-20-11-7-6-8-12-20)31-27(35)36-28(3,4)5/h6-14,16,19,23,25,33H,15,17-18H2,1-5H3,(H,31,35). The van der Waals surface area contributed by atoms with Crippen molar-refractivity contribution in [1.29, 1.82) is 0 Å². The molecule has 0 bridgehead atoms. The third-order valence-corrected chi connectivity index (χ3v) is 5.41. The van der Waals surface area contributed by atoms with Crippen LogP contribution in [0.1, 0.15) is 50.7 Å². The number of aromatic nitrogens is 2. The molecule has 3 rings (SSSR count). The number of rotatable bonds is 9. The predicted molar refractivity (Wildman–Crippen MR) is 140 cm³/mol. The van der Waals surface area contributed by atoms with E-state index in [1.807, 2.05) is 62.4 Å². The topological polar surface area (TPSA) is 105 Å². The number of nitrogens with one attached hydrogen (secondary N) is 1. The van der Waals surface area contributed by atoms with Crippen LogP contribution in [0.2, 0.25) is 0 Å². The molecular formula is C28H36N4O4. The van der Waals surface area contributed by atoms with E-state index in [0.29, 0.717) is 24.0 Å². The Hall–Kier alpha value is -3.52. The van der Waals surface area contributed by atoms with E-state index in [2.05, 4.69) is 15.3 Å². The molecule has 0 spiro atoms. The highest BCUT2D eigenvalue weighted by atomic mass is 16.6. The Bertz CT molecular complexity index is 1160. The molecule has 2 unspecified atom stereocenters. The average molecular weight is 493 g/mol. The molecule has 1 heterocycles. The van der Waals surface area contributed by atoms with E-state index >= 15 is 0 Å². The Morgan fingerprint density at radius 1 is 1.00 bits per heavy atom. The van der Waals surface area contributed by atoms with Crippen LogP contribution >= 0.6 is 0 Å². The minimum atomic E-state index is -1.05. The molecule has 0 saturated carbocycles. The zero-order valence-corrected chi connectivity index (χ0v) is 21.6. The Kier molecular flexibility index (Phi) is 8.98. The summed E-state index contributed by atoms with van der Waals surface area (Å²) in [5.74, 6) is -0.169. The maximum Gasteiger partial charge on any atom is 0.407 e. The van der Waals surface area contributed by atoms with Crippen molar-refractivity contribution in [3.05, 3.63) is 72.1 Å². The number of carbonyl (C=O) groups excluding carboxylic acids is 2. The van der Waals surface area contributed by atoms with Gasteiger partial charge in [-0.3, -0.25) is 9.78 Å². The van der Waals surface area contributed by atoms with Gasteiger partial charge in [-0.1, -0.05) is 56.3 Å². The fourth-order valence-electron chi connectivity index (χ4n) is 3.87. The van der Waals surface area contributed by atoms with Gasteiger partial charge < -0.3 is 20.1 Å². The molecule has 8 nitrogen and oxygen atoms in total. The molecule has 0 saturated heterocycles. The van der Waals surface area contributed by atoms with E-state index in [1.165, 1.54) is 6.20 Å². The number of fused-ring (bicyclic) bond motifs is 1. The molecule has 3 aromatic rings. The van der Waals surface area contributed by atoms with Gasteiger partial charge in [-0.05, 0) is 50.8 Å².